The predicted octanol–water partition coefficient (Wildman–Crippen LogP) is 3.49. The first-order chi connectivity index (χ1) is 12.8. The van der Waals surface area contributed by atoms with Crippen molar-refractivity contribution < 1.29 is 14.3 Å². The molecule has 2 heterocycles. The van der Waals surface area contributed by atoms with Crippen LogP contribution in [0.15, 0.2) is 40.0 Å². The number of hydrogen-bond acceptors (Lipinski definition) is 6. The van der Waals surface area contributed by atoms with E-state index in [-0.39, 0.29) is 17.0 Å². The second-order valence-electron chi connectivity index (χ2n) is 7.61. The van der Waals surface area contributed by atoms with E-state index in [4.69, 9.17) is 4.74 Å². The summed E-state index contributed by atoms with van der Waals surface area (Å²) in [5.41, 5.74) is 2.30. The molecule has 27 heavy (non-hydrogen) atoms. The lowest BCUT2D eigenvalue weighted by molar-refractivity contribution is -0.118. The minimum atomic E-state index is -0.613. The molecule has 1 atom stereocenters. The molecule has 4 rings (SSSR count). The van der Waals surface area contributed by atoms with Crippen molar-refractivity contribution in [3.8, 4) is 0 Å². The van der Waals surface area contributed by atoms with E-state index >= 15 is 0 Å². The summed E-state index contributed by atoms with van der Waals surface area (Å²) in [7, 11) is 1.29. The summed E-state index contributed by atoms with van der Waals surface area (Å²) in [4.78, 5) is 29.3. The largest absolute Gasteiger partial charge is 0.463 e. The van der Waals surface area contributed by atoms with Gasteiger partial charge in [0, 0.05) is 22.2 Å². The van der Waals surface area contributed by atoms with Crippen molar-refractivity contribution in [2.45, 2.75) is 32.7 Å². The lowest BCUT2D eigenvalue weighted by Gasteiger charge is -2.38. The predicted molar refractivity (Wildman–Crippen MR) is 102 cm³/mol. The Balaban J connectivity index is 1.90. The number of benzene rings is 1. The van der Waals surface area contributed by atoms with Gasteiger partial charge >= 0.3 is 5.97 Å². The lowest BCUT2D eigenvalue weighted by Crippen LogP contribution is -2.36. The Bertz CT molecular complexity index is 975. The van der Waals surface area contributed by atoms with Crippen LogP contribution in [0.25, 0.3) is 0 Å². The van der Waals surface area contributed by atoms with Crippen LogP contribution in [0.4, 0.5) is 5.95 Å². The quantitative estimate of drug-likeness (QED) is 0.733. The Morgan fingerprint density at radius 2 is 2.00 bits per heavy atom. The zero-order valence-electron chi connectivity index (χ0n) is 15.2. The van der Waals surface area contributed by atoms with Gasteiger partial charge in [-0.2, -0.15) is 4.98 Å². The molecule has 140 valence electrons. The summed E-state index contributed by atoms with van der Waals surface area (Å²) in [6.07, 6.45) is 1.19. The average molecular weight is 431 g/mol. The van der Waals surface area contributed by atoms with Gasteiger partial charge in [0.15, 0.2) is 5.78 Å². The van der Waals surface area contributed by atoms with Crippen molar-refractivity contribution in [1.82, 2.24) is 14.8 Å². The van der Waals surface area contributed by atoms with Crippen LogP contribution in [0.3, 0.4) is 0 Å². The SMILES string of the molecule is COC(=O)c1nc2n(n1)C(c1ccc(Br)cc1)C1=C(CC(C)(C)CC1=O)N2. The van der Waals surface area contributed by atoms with Gasteiger partial charge in [0.2, 0.25) is 5.95 Å². The summed E-state index contributed by atoms with van der Waals surface area (Å²) >= 11 is 3.44. The monoisotopic (exact) mass is 430 g/mol. The summed E-state index contributed by atoms with van der Waals surface area (Å²) < 4.78 is 7.30. The fourth-order valence-electron chi connectivity index (χ4n) is 3.74. The first kappa shape index (κ1) is 17.9. The number of esters is 1. The Kier molecular flexibility index (Phi) is 4.18. The molecule has 1 aliphatic carbocycles. The number of hydrogen-bond donors (Lipinski definition) is 1. The Morgan fingerprint density at radius 1 is 1.30 bits per heavy atom. The summed E-state index contributed by atoms with van der Waals surface area (Å²) in [6, 6.07) is 7.31. The van der Waals surface area contributed by atoms with E-state index in [1.54, 1.807) is 4.68 Å². The smallest absolute Gasteiger partial charge is 0.378 e. The highest BCUT2D eigenvalue weighted by atomic mass is 79.9. The molecule has 7 nitrogen and oxygen atoms in total. The number of anilines is 1. The zero-order valence-corrected chi connectivity index (χ0v) is 16.8. The first-order valence-electron chi connectivity index (χ1n) is 8.63. The van der Waals surface area contributed by atoms with Gasteiger partial charge in [-0.3, -0.25) is 4.79 Å². The molecule has 0 radical (unpaired) electrons. The third-order valence-corrected chi connectivity index (χ3v) is 5.41. The van der Waals surface area contributed by atoms with Crippen LogP contribution in [-0.4, -0.2) is 33.6 Å². The molecule has 0 saturated carbocycles. The number of allylic oxidation sites excluding steroid dienone is 2. The molecule has 0 spiro atoms. The van der Waals surface area contributed by atoms with Gasteiger partial charge in [0.25, 0.3) is 5.82 Å². The van der Waals surface area contributed by atoms with Crippen molar-refractivity contribution in [3.63, 3.8) is 0 Å². The zero-order chi connectivity index (χ0) is 19.3. The maximum Gasteiger partial charge on any atom is 0.378 e. The van der Waals surface area contributed by atoms with Gasteiger partial charge in [-0.1, -0.05) is 41.9 Å². The highest BCUT2D eigenvalue weighted by Crippen LogP contribution is 2.45. The number of Topliss-reactive ketones (excluding diaryl/α,β-unsaturated/α-hetero) is 1. The lowest BCUT2D eigenvalue weighted by atomic mass is 9.73. The molecule has 0 amide bonds. The molecule has 1 aliphatic heterocycles. The van der Waals surface area contributed by atoms with E-state index < -0.39 is 12.0 Å². The van der Waals surface area contributed by atoms with E-state index in [2.05, 4.69) is 45.2 Å². The minimum Gasteiger partial charge on any atom is -0.463 e. The van der Waals surface area contributed by atoms with Gasteiger partial charge in [0.1, 0.15) is 6.04 Å². The van der Waals surface area contributed by atoms with Crippen LogP contribution in [0, 0.1) is 5.41 Å². The van der Waals surface area contributed by atoms with Crippen molar-refractivity contribution in [1.29, 1.82) is 0 Å². The maximum absolute atomic E-state index is 13.0. The van der Waals surface area contributed by atoms with Gasteiger partial charge in [-0.25, -0.2) is 9.48 Å². The second kappa shape index (κ2) is 6.30. The molecule has 1 aromatic carbocycles. The summed E-state index contributed by atoms with van der Waals surface area (Å²) in [5, 5.41) is 7.56. The van der Waals surface area contributed by atoms with E-state index in [1.165, 1.54) is 7.11 Å². The number of nitrogens with zero attached hydrogens (tertiary/aromatic N) is 3. The molecular formula is C19H19BrN4O3. The Morgan fingerprint density at radius 3 is 2.67 bits per heavy atom. The van der Waals surface area contributed by atoms with Crippen LogP contribution < -0.4 is 5.32 Å². The van der Waals surface area contributed by atoms with Gasteiger partial charge in [-0.15, -0.1) is 5.10 Å². The number of aromatic nitrogens is 3. The van der Waals surface area contributed by atoms with E-state index in [0.717, 1.165) is 22.2 Å². The molecule has 0 saturated heterocycles. The molecule has 1 aromatic heterocycles. The van der Waals surface area contributed by atoms with Gasteiger partial charge < -0.3 is 10.1 Å². The molecule has 2 aliphatic rings. The number of rotatable bonds is 2. The van der Waals surface area contributed by atoms with Crippen LogP contribution in [0.5, 0.6) is 0 Å². The Hall–Kier alpha value is -2.48. The summed E-state index contributed by atoms with van der Waals surface area (Å²) in [6.45, 7) is 4.15. The average Bonchev–Trinajstić information content (AvgIpc) is 3.02. The van der Waals surface area contributed by atoms with Crippen LogP contribution in [0.1, 0.15) is 48.9 Å². The molecule has 0 bridgehead atoms. The standard InChI is InChI=1S/C19H19BrN4O3/c1-19(2)8-12-14(13(25)9-19)15(10-4-6-11(20)7-5-10)24-18(21-12)22-16(23-24)17(26)27-3/h4-7,15H,8-9H2,1-3H3,(H,21,22,23). The summed E-state index contributed by atoms with van der Waals surface area (Å²) in [5.74, 6) is -0.124. The number of carbonyl (C=O) groups is 2. The number of ether oxygens (including phenoxy) is 1. The molecule has 2 aromatic rings. The number of methoxy groups -OCH3 is 1. The first-order valence-corrected chi connectivity index (χ1v) is 9.42. The number of fused-ring (bicyclic) bond motifs is 1. The van der Waals surface area contributed by atoms with Gasteiger partial charge in [0.05, 0.1) is 7.11 Å². The fraction of sp³-hybridized carbons (Fsp3) is 0.368. The highest BCUT2D eigenvalue weighted by molar-refractivity contribution is 9.10. The topological polar surface area (TPSA) is 86.1 Å². The number of nitrogens with one attached hydrogen (secondary N) is 1. The van der Waals surface area contributed by atoms with E-state index in [9.17, 15) is 9.59 Å². The van der Waals surface area contributed by atoms with Crippen molar-refractivity contribution >= 4 is 33.6 Å². The molecular weight excluding hydrogens is 412 g/mol. The van der Waals surface area contributed by atoms with Crippen molar-refractivity contribution in [2.75, 3.05) is 12.4 Å². The fourth-order valence-corrected chi connectivity index (χ4v) is 4.00. The van der Waals surface area contributed by atoms with Crippen LogP contribution in [-0.2, 0) is 9.53 Å². The second-order valence-corrected chi connectivity index (χ2v) is 8.52. The minimum absolute atomic E-state index is 0.0336. The van der Waals surface area contributed by atoms with E-state index in [1.807, 2.05) is 24.3 Å². The molecule has 1 unspecified atom stereocenters. The van der Waals surface area contributed by atoms with E-state index in [0.29, 0.717) is 17.9 Å². The van der Waals surface area contributed by atoms with Crippen LogP contribution >= 0.6 is 15.9 Å². The highest BCUT2D eigenvalue weighted by Gasteiger charge is 2.42. The van der Waals surface area contributed by atoms with Crippen molar-refractivity contribution in [2.24, 2.45) is 5.41 Å². The maximum atomic E-state index is 13.0. The normalized spacial score (nSPS) is 20.6. The number of carbonyl (C=O) groups excluding carboxylic acids is 2. The number of halogens is 1. The third kappa shape index (κ3) is 3.07. The molecule has 1 N–H and O–H groups in total. The third-order valence-electron chi connectivity index (χ3n) is 4.89. The van der Waals surface area contributed by atoms with Crippen LogP contribution in [0.2, 0.25) is 0 Å². The Labute approximate surface area is 164 Å². The number of ketones is 1. The molecule has 8 heteroatoms. The van der Waals surface area contributed by atoms with Crippen molar-refractivity contribution in [3.05, 3.63) is 51.4 Å². The molecule has 0 fully saturated rings. The van der Waals surface area contributed by atoms with Gasteiger partial charge in [-0.05, 0) is 29.5 Å².